The Morgan fingerprint density at radius 3 is 1.83 bits per heavy atom. The smallest absolute Gasteiger partial charge is 0.243 e. The highest BCUT2D eigenvalue weighted by atomic mass is 32.2. The minimum Gasteiger partial charge on any atom is -0.342 e. The zero-order valence-corrected chi connectivity index (χ0v) is 16.0. The van der Waals surface area contributed by atoms with Gasteiger partial charge in [0.2, 0.25) is 15.9 Å². The number of hydrogen-bond acceptors (Lipinski definition) is 3. The minimum absolute atomic E-state index is 0.143. The summed E-state index contributed by atoms with van der Waals surface area (Å²) in [5.74, 6) is -0.180. The van der Waals surface area contributed by atoms with Gasteiger partial charge in [-0.3, -0.25) is 4.79 Å². The normalized spacial score (nSPS) is 11.8. The first-order valence-electron chi connectivity index (χ1n) is 7.89. The first kappa shape index (κ1) is 19.6. The number of sulfonamides is 1. The molecule has 0 heterocycles. The number of carbonyl (C=O) groups excluding carboxylic acids is 1. The molecule has 0 aliphatic rings. The molecule has 0 bridgehead atoms. The average molecular weight is 340 g/mol. The number of hydrogen-bond donors (Lipinski definition) is 0. The molecule has 1 aromatic carbocycles. The number of aryl methyl sites for hydroxylation is 2. The molecule has 0 aromatic heterocycles. The lowest BCUT2D eigenvalue weighted by molar-refractivity contribution is -0.130. The van der Waals surface area contributed by atoms with Gasteiger partial charge < -0.3 is 4.90 Å². The zero-order valence-electron chi connectivity index (χ0n) is 15.2. The maximum Gasteiger partial charge on any atom is 0.243 e. The molecular weight excluding hydrogens is 312 g/mol. The van der Waals surface area contributed by atoms with Crippen molar-refractivity contribution in [2.75, 3.05) is 26.7 Å². The molecule has 0 radical (unpaired) electrons. The van der Waals surface area contributed by atoms with Gasteiger partial charge in [-0.25, -0.2) is 8.42 Å². The van der Waals surface area contributed by atoms with E-state index in [-0.39, 0.29) is 12.5 Å². The number of benzene rings is 1. The van der Waals surface area contributed by atoms with Gasteiger partial charge in [-0.2, -0.15) is 4.31 Å². The van der Waals surface area contributed by atoms with Crippen LogP contribution in [0, 0.1) is 27.7 Å². The van der Waals surface area contributed by atoms with Gasteiger partial charge in [-0.15, -0.1) is 0 Å². The van der Waals surface area contributed by atoms with Gasteiger partial charge in [0.05, 0.1) is 11.4 Å². The molecule has 0 aliphatic carbocycles. The van der Waals surface area contributed by atoms with E-state index in [0.717, 1.165) is 26.6 Å². The first-order valence-corrected chi connectivity index (χ1v) is 9.33. The first-order chi connectivity index (χ1) is 10.6. The third-order valence-electron chi connectivity index (χ3n) is 4.44. The highest BCUT2D eigenvalue weighted by Gasteiger charge is 2.28. The van der Waals surface area contributed by atoms with Crippen LogP contribution in [-0.4, -0.2) is 50.2 Å². The van der Waals surface area contributed by atoms with Crippen molar-refractivity contribution in [3.63, 3.8) is 0 Å². The third-order valence-corrected chi connectivity index (χ3v) is 6.52. The van der Waals surface area contributed by atoms with Crippen LogP contribution >= 0.6 is 0 Å². The molecule has 0 N–H and O–H groups in total. The maximum absolute atomic E-state index is 13.0. The van der Waals surface area contributed by atoms with Gasteiger partial charge >= 0.3 is 0 Å². The average Bonchev–Trinajstić information content (AvgIpc) is 2.46. The van der Waals surface area contributed by atoms with E-state index in [4.69, 9.17) is 0 Å². The van der Waals surface area contributed by atoms with E-state index >= 15 is 0 Å². The molecule has 0 saturated heterocycles. The number of likely N-dealkylation sites (N-methyl/N-ethyl adjacent to an activating group) is 2. The zero-order chi connectivity index (χ0) is 17.9. The van der Waals surface area contributed by atoms with Crippen molar-refractivity contribution in [2.24, 2.45) is 0 Å². The highest BCUT2D eigenvalue weighted by molar-refractivity contribution is 7.89. The van der Waals surface area contributed by atoms with Crippen LogP contribution < -0.4 is 0 Å². The molecule has 0 saturated carbocycles. The molecule has 0 spiro atoms. The van der Waals surface area contributed by atoms with Gasteiger partial charge in [-0.05, 0) is 63.8 Å². The van der Waals surface area contributed by atoms with Crippen molar-refractivity contribution in [3.05, 3.63) is 28.3 Å². The topological polar surface area (TPSA) is 57.7 Å². The van der Waals surface area contributed by atoms with Crippen molar-refractivity contribution in [1.82, 2.24) is 9.21 Å². The van der Waals surface area contributed by atoms with E-state index in [9.17, 15) is 13.2 Å². The summed E-state index contributed by atoms with van der Waals surface area (Å²) in [6, 6.07) is 1.99. The number of carbonyl (C=O) groups is 1. The Morgan fingerprint density at radius 2 is 1.43 bits per heavy atom. The largest absolute Gasteiger partial charge is 0.342 e. The van der Waals surface area contributed by atoms with Gasteiger partial charge in [0.25, 0.3) is 0 Å². The third kappa shape index (κ3) is 3.93. The molecule has 1 aromatic rings. The van der Waals surface area contributed by atoms with Gasteiger partial charge in [0.15, 0.2) is 0 Å². The van der Waals surface area contributed by atoms with Gasteiger partial charge in [0, 0.05) is 20.1 Å². The Balaban J connectivity index is 3.25. The van der Waals surface area contributed by atoms with E-state index in [1.54, 1.807) is 4.90 Å². The van der Waals surface area contributed by atoms with Crippen molar-refractivity contribution in [2.45, 2.75) is 46.4 Å². The molecule has 0 fully saturated rings. The summed E-state index contributed by atoms with van der Waals surface area (Å²) in [5, 5.41) is 0. The van der Waals surface area contributed by atoms with Crippen LogP contribution in [-0.2, 0) is 14.8 Å². The Bertz CT molecular complexity index is 666. The SMILES string of the molecule is CCN(CC)C(=O)CN(C)S(=O)(=O)c1c(C)c(C)cc(C)c1C. The lowest BCUT2D eigenvalue weighted by Crippen LogP contribution is -2.41. The van der Waals surface area contributed by atoms with E-state index in [1.807, 2.05) is 47.6 Å². The molecule has 23 heavy (non-hydrogen) atoms. The molecule has 1 rings (SSSR count). The maximum atomic E-state index is 13.0. The minimum atomic E-state index is -3.70. The number of nitrogens with zero attached hydrogens (tertiary/aromatic N) is 2. The molecule has 6 heteroatoms. The second kappa shape index (κ2) is 7.45. The Hall–Kier alpha value is -1.40. The van der Waals surface area contributed by atoms with Crippen LogP contribution in [0.1, 0.15) is 36.1 Å². The molecular formula is C17H28N2O3S. The molecule has 0 atom stereocenters. The lowest BCUT2D eigenvalue weighted by atomic mass is 10.0. The van der Waals surface area contributed by atoms with Crippen molar-refractivity contribution in [1.29, 1.82) is 0 Å². The van der Waals surface area contributed by atoms with E-state index in [0.29, 0.717) is 18.0 Å². The predicted molar refractivity (Wildman–Crippen MR) is 93.1 cm³/mol. The summed E-state index contributed by atoms with van der Waals surface area (Å²) in [6.45, 7) is 12.2. The van der Waals surface area contributed by atoms with Gasteiger partial charge in [0.1, 0.15) is 0 Å². The number of amides is 1. The fourth-order valence-electron chi connectivity index (χ4n) is 2.68. The van der Waals surface area contributed by atoms with E-state index in [1.165, 1.54) is 7.05 Å². The summed E-state index contributed by atoms with van der Waals surface area (Å²) in [6.07, 6.45) is 0. The highest BCUT2D eigenvalue weighted by Crippen LogP contribution is 2.28. The molecule has 5 nitrogen and oxygen atoms in total. The summed E-state index contributed by atoms with van der Waals surface area (Å²) in [5.41, 5.74) is 3.37. The van der Waals surface area contributed by atoms with Crippen LogP contribution in [0.4, 0.5) is 0 Å². The van der Waals surface area contributed by atoms with Gasteiger partial charge in [-0.1, -0.05) is 6.07 Å². The summed E-state index contributed by atoms with van der Waals surface area (Å²) >= 11 is 0. The second-order valence-electron chi connectivity index (χ2n) is 5.92. The predicted octanol–water partition coefficient (Wildman–Crippen LogP) is 2.41. The Labute approximate surface area is 140 Å². The van der Waals surface area contributed by atoms with E-state index < -0.39 is 10.0 Å². The molecule has 0 aliphatic heterocycles. The lowest BCUT2D eigenvalue weighted by Gasteiger charge is -2.25. The van der Waals surface area contributed by atoms with Crippen molar-refractivity contribution < 1.29 is 13.2 Å². The summed E-state index contributed by atoms with van der Waals surface area (Å²) in [7, 11) is -2.24. The van der Waals surface area contributed by atoms with E-state index in [2.05, 4.69) is 0 Å². The summed E-state index contributed by atoms with van der Waals surface area (Å²) < 4.78 is 27.1. The fraction of sp³-hybridized carbons (Fsp3) is 0.588. The monoisotopic (exact) mass is 340 g/mol. The van der Waals surface area contributed by atoms with Crippen LogP contribution in [0.3, 0.4) is 0 Å². The number of rotatable bonds is 6. The quantitative estimate of drug-likeness (QED) is 0.799. The second-order valence-corrected chi connectivity index (χ2v) is 7.90. The van der Waals surface area contributed by atoms with Crippen LogP contribution in [0.2, 0.25) is 0 Å². The van der Waals surface area contributed by atoms with Crippen molar-refractivity contribution in [3.8, 4) is 0 Å². The fourth-order valence-corrected chi connectivity index (χ4v) is 4.36. The van der Waals surface area contributed by atoms with Crippen LogP contribution in [0.5, 0.6) is 0 Å². The standard InChI is InChI=1S/C17H28N2O3S/c1-8-19(9-2)16(20)11-18(7)23(21,22)17-14(5)12(3)10-13(4)15(17)6/h10H,8-9,11H2,1-7H3. The van der Waals surface area contributed by atoms with Crippen molar-refractivity contribution >= 4 is 15.9 Å². The van der Waals surface area contributed by atoms with Crippen LogP contribution in [0.15, 0.2) is 11.0 Å². The molecule has 130 valence electrons. The Morgan fingerprint density at radius 1 is 1.00 bits per heavy atom. The Kier molecular flexibility index (Phi) is 6.36. The van der Waals surface area contributed by atoms with Crippen LogP contribution in [0.25, 0.3) is 0 Å². The molecule has 1 amide bonds. The molecule has 0 unspecified atom stereocenters. The summed E-state index contributed by atoms with van der Waals surface area (Å²) in [4.78, 5) is 14.2.